The Kier molecular flexibility index (Phi) is 3.31. The first-order chi connectivity index (χ1) is 6.68. The van der Waals surface area contributed by atoms with Crippen molar-refractivity contribution in [2.75, 3.05) is 0 Å². The average molecular weight is 227 g/mol. The second kappa shape index (κ2) is 4.31. The summed E-state index contributed by atoms with van der Waals surface area (Å²) >= 11 is 0. The van der Waals surface area contributed by atoms with Crippen LogP contribution in [0.2, 0.25) is 0 Å². The van der Waals surface area contributed by atoms with Gasteiger partial charge in [0.1, 0.15) is 0 Å². The van der Waals surface area contributed by atoms with Crippen molar-refractivity contribution in [3.63, 3.8) is 0 Å². The van der Waals surface area contributed by atoms with E-state index in [1.165, 1.54) is 10.9 Å². The summed E-state index contributed by atoms with van der Waals surface area (Å²) in [5.74, 6) is 0.0665. The first-order valence-corrected chi connectivity index (χ1v) is 4.30. The smallest absolute Gasteiger partial charge is 0.314 e. The maximum absolute atomic E-state index is 11.7. The fourth-order valence-electron chi connectivity index (χ4n) is 1.34. The molecule has 5 heteroatoms. The van der Waals surface area contributed by atoms with Crippen LogP contribution in [0.1, 0.15) is 21.9 Å². The summed E-state index contributed by atoms with van der Waals surface area (Å²) in [5, 5.41) is 4.07. The maximum Gasteiger partial charge on any atom is 0.314 e. The van der Waals surface area contributed by atoms with Gasteiger partial charge in [-0.1, -0.05) is 0 Å². The van der Waals surface area contributed by atoms with Gasteiger partial charge in [-0.2, -0.15) is 9.78 Å². The minimum atomic E-state index is -0.236. The predicted molar refractivity (Wildman–Crippen MR) is 57.4 cm³/mol. The van der Waals surface area contributed by atoms with E-state index in [2.05, 4.69) is 5.10 Å². The Morgan fingerprint density at radius 3 is 2.67 bits per heavy atom. The summed E-state index contributed by atoms with van der Waals surface area (Å²) in [7, 11) is 0. The van der Waals surface area contributed by atoms with Crippen molar-refractivity contribution in [2.45, 2.75) is 13.8 Å². The van der Waals surface area contributed by atoms with Gasteiger partial charge in [0, 0.05) is 5.69 Å². The number of hydrogen-bond acceptors (Lipinski definition) is 3. The van der Waals surface area contributed by atoms with Crippen LogP contribution < -0.4 is 0 Å². The van der Waals surface area contributed by atoms with Crippen molar-refractivity contribution in [3.8, 4) is 0 Å². The Bertz CT molecular complexity index is 460. The fraction of sp³-hybridized carbons (Fsp3) is 0.200. The molecule has 0 N–H and O–H groups in total. The van der Waals surface area contributed by atoms with Gasteiger partial charge in [-0.25, -0.2) is 0 Å². The lowest BCUT2D eigenvalue weighted by atomic mass is 10.4. The van der Waals surface area contributed by atoms with Gasteiger partial charge in [-0.15, -0.1) is 12.4 Å². The van der Waals surface area contributed by atoms with Crippen molar-refractivity contribution in [2.24, 2.45) is 0 Å². The van der Waals surface area contributed by atoms with E-state index in [1.807, 2.05) is 19.9 Å². The number of hydrogen-bond donors (Lipinski definition) is 0. The van der Waals surface area contributed by atoms with E-state index in [4.69, 9.17) is 4.42 Å². The SMILES string of the molecule is Cc1cc(C)n(C(=O)c2ccco2)n1.Cl. The lowest BCUT2D eigenvalue weighted by Gasteiger charge is -1.98. The number of carbonyl (C=O) groups excluding carboxylic acids is 1. The molecule has 0 amide bonds. The van der Waals surface area contributed by atoms with E-state index >= 15 is 0 Å². The van der Waals surface area contributed by atoms with Crippen LogP contribution in [0.4, 0.5) is 0 Å². The van der Waals surface area contributed by atoms with Crippen molar-refractivity contribution in [1.82, 2.24) is 9.78 Å². The molecule has 0 saturated carbocycles. The first-order valence-electron chi connectivity index (χ1n) is 4.30. The quantitative estimate of drug-likeness (QED) is 0.749. The molecule has 0 atom stereocenters. The lowest BCUT2D eigenvalue weighted by Crippen LogP contribution is -2.14. The van der Waals surface area contributed by atoms with E-state index in [1.54, 1.807) is 12.1 Å². The molecule has 2 aromatic rings. The monoisotopic (exact) mass is 226 g/mol. The molecular weight excluding hydrogens is 216 g/mol. The molecule has 4 nitrogen and oxygen atoms in total. The molecule has 2 rings (SSSR count). The van der Waals surface area contributed by atoms with Gasteiger partial charge in [-0.3, -0.25) is 4.79 Å². The molecule has 0 bridgehead atoms. The van der Waals surface area contributed by atoms with Crippen molar-refractivity contribution >= 4 is 18.3 Å². The summed E-state index contributed by atoms with van der Waals surface area (Å²) in [5.41, 5.74) is 1.63. The average Bonchev–Trinajstić information content (AvgIpc) is 2.73. The van der Waals surface area contributed by atoms with Crippen LogP contribution in [0.25, 0.3) is 0 Å². The van der Waals surface area contributed by atoms with Gasteiger partial charge in [0.15, 0.2) is 5.76 Å². The van der Waals surface area contributed by atoms with Gasteiger partial charge in [0.2, 0.25) is 0 Å². The van der Waals surface area contributed by atoms with Crippen LogP contribution in [0, 0.1) is 13.8 Å². The zero-order chi connectivity index (χ0) is 10.1. The van der Waals surface area contributed by atoms with Crippen molar-refractivity contribution < 1.29 is 9.21 Å². The topological polar surface area (TPSA) is 48.0 Å². The molecule has 0 aliphatic heterocycles. The molecule has 0 fully saturated rings. The van der Waals surface area contributed by atoms with Crippen LogP contribution in [-0.4, -0.2) is 15.7 Å². The maximum atomic E-state index is 11.7. The number of rotatable bonds is 1. The van der Waals surface area contributed by atoms with Crippen molar-refractivity contribution in [3.05, 3.63) is 41.6 Å². The molecule has 2 heterocycles. The van der Waals surface area contributed by atoms with E-state index < -0.39 is 0 Å². The van der Waals surface area contributed by atoms with Gasteiger partial charge in [-0.05, 0) is 32.0 Å². The van der Waals surface area contributed by atoms with E-state index in [0.29, 0.717) is 5.76 Å². The number of aryl methyl sites for hydroxylation is 2. The molecule has 0 saturated heterocycles. The second-order valence-electron chi connectivity index (χ2n) is 3.12. The van der Waals surface area contributed by atoms with Gasteiger partial charge >= 0.3 is 5.91 Å². The summed E-state index contributed by atoms with van der Waals surface area (Å²) in [6.07, 6.45) is 1.47. The highest BCUT2D eigenvalue weighted by Gasteiger charge is 2.14. The van der Waals surface area contributed by atoms with Gasteiger partial charge in [0.25, 0.3) is 0 Å². The van der Waals surface area contributed by atoms with Crippen LogP contribution >= 0.6 is 12.4 Å². The molecule has 0 aromatic carbocycles. The third kappa shape index (κ3) is 2.10. The number of furan rings is 1. The highest BCUT2D eigenvalue weighted by Crippen LogP contribution is 2.07. The van der Waals surface area contributed by atoms with Crippen LogP contribution in [0.3, 0.4) is 0 Å². The van der Waals surface area contributed by atoms with E-state index in [9.17, 15) is 4.79 Å². The molecule has 0 aliphatic carbocycles. The normalized spacial score (nSPS) is 9.73. The molecule has 2 aromatic heterocycles. The molecular formula is C10H11ClN2O2. The zero-order valence-electron chi connectivity index (χ0n) is 8.43. The van der Waals surface area contributed by atoms with E-state index in [0.717, 1.165) is 11.4 Å². The first kappa shape index (κ1) is 11.5. The standard InChI is InChI=1S/C10H10N2O2.ClH/c1-7-6-8(2)12(11-7)10(13)9-4-3-5-14-9;/h3-6H,1-2H3;1H. The molecule has 15 heavy (non-hydrogen) atoms. The molecule has 0 aliphatic rings. The molecule has 80 valence electrons. The summed E-state index contributed by atoms with van der Waals surface area (Å²) in [4.78, 5) is 11.7. The van der Waals surface area contributed by atoms with Gasteiger partial charge in [0.05, 0.1) is 12.0 Å². The Morgan fingerprint density at radius 1 is 1.47 bits per heavy atom. The highest BCUT2D eigenvalue weighted by molar-refractivity contribution is 5.93. The lowest BCUT2D eigenvalue weighted by molar-refractivity contribution is 0.0914. The third-order valence-corrected chi connectivity index (χ3v) is 1.93. The summed E-state index contributed by atoms with van der Waals surface area (Å²) in [6, 6.07) is 5.15. The van der Waals surface area contributed by atoms with Crippen molar-refractivity contribution in [1.29, 1.82) is 0 Å². The zero-order valence-corrected chi connectivity index (χ0v) is 9.25. The highest BCUT2D eigenvalue weighted by atomic mass is 35.5. The Balaban J connectivity index is 0.00000112. The molecule has 0 spiro atoms. The fourth-order valence-corrected chi connectivity index (χ4v) is 1.34. The Morgan fingerprint density at radius 2 is 2.20 bits per heavy atom. The predicted octanol–water partition coefficient (Wildman–Crippen LogP) is 2.20. The third-order valence-electron chi connectivity index (χ3n) is 1.93. The van der Waals surface area contributed by atoms with E-state index in [-0.39, 0.29) is 18.3 Å². The van der Waals surface area contributed by atoms with Gasteiger partial charge < -0.3 is 4.42 Å². The molecule has 0 radical (unpaired) electrons. The Labute approximate surface area is 93.3 Å². The number of carbonyl (C=O) groups is 1. The summed E-state index contributed by atoms with van der Waals surface area (Å²) < 4.78 is 6.35. The summed E-state index contributed by atoms with van der Waals surface area (Å²) in [6.45, 7) is 3.68. The number of halogens is 1. The minimum Gasteiger partial charge on any atom is -0.459 e. The second-order valence-corrected chi connectivity index (χ2v) is 3.12. The van der Waals surface area contributed by atoms with Crippen LogP contribution in [-0.2, 0) is 0 Å². The van der Waals surface area contributed by atoms with Crippen LogP contribution in [0.15, 0.2) is 28.9 Å². The minimum absolute atomic E-state index is 0. The largest absolute Gasteiger partial charge is 0.459 e. The number of nitrogens with zero attached hydrogens (tertiary/aromatic N) is 2. The number of aromatic nitrogens is 2. The Hall–Kier alpha value is -1.55. The van der Waals surface area contributed by atoms with Crippen LogP contribution in [0.5, 0.6) is 0 Å². The molecule has 0 unspecified atom stereocenters.